The molecule has 11 heavy (non-hydrogen) atoms. The molecule has 66 valence electrons. The molecule has 1 saturated carbocycles. The number of halogens is 1. The van der Waals surface area contributed by atoms with E-state index in [0.29, 0.717) is 12.3 Å². The van der Waals surface area contributed by atoms with Crippen LogP contribution in [0.3, 0.4) is 0 Å². The molecule has 1 aliphatic carbocycles. The third-order valence-electron chi connectivity index (χ3n) is 2.38. The third kappa shape index (κ3) is 2.78. The largest absolute Gasteiger partial charge is 0.325 e. The Balaban J connectivity index is 2.24. The standard InChI is InChI=1S/C9H18FN/c1-9(2,11)6-8(10)7-4-3-5-7/h7-8H,3-6,11H2,1-2H3. The highest BCUT2D eigenvalue weighted by Gasteiger charge is 2.30. The molecule has 1 nitrogen and oxygen atoms in total. The van der Waals surface area contributed by atoms with E-state index < -0.39 is 6.17 Å². The van der Waals surface area contributed by atoms with Crippen LogP contribution in [0.2, 0.25) is 0 Å². The van der Waals surface area contributed by atoms with Gasteiger partial charge in [-0.25, -0.2) is 4.39 Å². The highest BCUT2D eigenvalue weighted by Crippen LogP contribution is 2.34. The molecule has 1 aliphatic rings. The molecule has 1 fully saturated rings. The van der Waals surface area contributed by atoms with Crippen molar-refractivity contribution in [3.63, 3.8) is 0 Å². The van der Waals surface area contributed by atoms with Crippen molar-refractivity contribution < 1.29 is 4.39 Å². The minimum Gasteiger partial charge on any atom is -0.325 e. The predicted octanol–water partition coefficient (Wildman–Crippen LogP) is 2.25. The van der Waals surface area contributed by atoms with Crippen molar-refractivity contribution in [1.82, 2.24) is 0 Å². The van der Waals surface area contributed by atoms with Gasteiger partial charge in [0.05, 0.1) is 0 Å². The highest BCUT2D eigenvalue weighted by molar-refractivity contribution is 4.84. The lowest BCUT2D eigenvalue weighted by atomic mass is 9.78. The molecule has 1 unspecified atom stereocenters. The van der Waals surface area contributed by atoms with E-state index in [1.807, 2.05) is 13.8 Å². The third-order valence-corrected chi connectivity index (χ3v) is 2.38. The molecular formula is C9H18FN. The van der Waals surface area contributed by atoms with E-state index in [2.05, 4.69) is 0 Å². The van der Waals surface area contributed by atoms with Crippen LogP contribution in [-0.4, -0.2) is 11.7 Å². The Kier molecular flexibility index (Phi) is 2.53. The van der Waals surface area contributed by atoms with Crippen molar-refractivity contribution in [2.45, 2.75) is 51.2 Å². The van der Waals surface area contributed by atoms with Gasteiger partial charge in [0, 0.05) is 5.54 Å². The van der Waals surface area contributed by atoms with Crippen LogP contribution >= 0.6 is 0 Å². The Hall–Kier alpha value is -0.110. The van der Waals surface area contributed by atoms with Crippen LogP contribution in [0.1, 0.15) is 39.5 Å². The summed E-state index contributed by atoms with van der Waals surface area (Å²) in [5.41, 5.74) is 5.37. The molecule has 2 heteroatoms. The Labute approximate surface area is 68.2 Å². The fraction of sp³-hybridized carbons (Fsp3) is 1.00. The first-order valence-corrected chi connectivity index (χ1v) is 4.42. The van der Waals surface area contributed by atoms with Crippen molar-refractivity contribution in [3.05, 3.63) is 0 Å². The van der Waals surface area contributed by atoms with E-state index in [4.69, 9.17) is 5.73 Å². The number of hydrogen-bond donors (Lipinski definition) is 1. The summed E-state index contributed by atoms with van der Waals surface area (Å²) in [6.45, 7) is 3.77. The topological polar surface area (TPSA) is 26.0 Å². The van der Waals surface area contributed by atoms with E-state index in [9.17, 15) is 4.39 Å². The second kappa shape index (κ2) is 3.10. The van der Waals surface area contributed by atoms with E-state index in [1.165, 1.54) is 6.42 Å². The summed E-state index contributed by atoms with van der Waals surface area (Å²) in [4.78, 5) is 0. The average molecular weight is 159 g/mol. The molecule has 0 heterocycles. The zero-order chi connectivity index (χ0) is 8.48. The first kappa shape index (κ1) is 8.98. The van der Waals surface area contributed by atoms with Crippen molar-refractivity contribution in [2.24, 2.45) is 11.7 Å². The van der Waals surface area contributed by atoms with Crippen LogP contribution in [-0.2, 0) is 0 Å². The molecule has 1 rings (SSSR count). The maximum Gasteiger partial charge on any atom is 0.105 e. The summed E-state index contributed by atoms with van der Waals surface area (Å²) in [5.74, 6) is 0.317. The van der Waals surface area contributed by atoms with Crippen LogP contribution < -0.4 is 5.73 Å². The fourth-order valence-electron chi connectivity index (χ4n) is 1.47. The summed E-state index contributed by atoms with van der Waals surface area (Å²) >= 11 is 0. The predicted molar refractivity (Wildman–Crippen MR) is 45.1 cm³/mol. The number of nitrogens with two attached hydrogens (primary N) is 1. The minimum atomic E-state index is -0.663. The normalized spacial score (nSPS) is 22.9. The fourth-order valence-corrected chi connectivity index (χ4v) is 1.47. The van der Waals surface area contributed by atoms with Crippen molar-refractivity contribution in [3.8, 4) is 0 Å². The van der Waals surface area contributed by atoms with Crippen molar-refractivity contribution in [2.75, 3.05) is 0 Å². The molecular weight excluding hydrogens is 141 g/mol. The average Bonchev–Trinajstić information content (AvgIpc) is 1.50. The van der Waals surface area contributed by atoms with Crippen LogP contribution in [0, 0.1) is 5.92 Å². The van der Waals surface area contributed by atoms with Crippen LogP contribution in [0.15, 0.2) is 0 Å². The molecule has 0 aliphatic heterocycles. The second-order valence-corrected chi connectivity index (χ2v) is 4.40. The van der Waals surface area contributed by atoms with Gasteiger partial charge in [-0.15, -0.1) is 0 Å². The number of rotatable bonds is 3. The Morgan fingerprint density at radius 2 is 2.09 bits per heavy atom. The van der Waals surface area contributed by atoms with Gasteiger partial charge < -0.3 is 5.73 Å². The Morgan fingerprint density at radius 1 is 1.55 bits per heavy atom. The van der Waals surface area contributed by atoms with Gasteiger partial charge in [0.25, 0.3) is 0 Å². The molecule has 0 aromatic heterocycles. The van der Waals surface area contributed by atoms with Crippen LogP contribution in [0.25, 0.3) is 0 Å². The van der Waals surface area contributed by atoms with Gasteiger partial charge in [0.1, 0.15) is 6.17 Å². The lowest BCUT2D eigenvalue weighted by molar-refractivity contribution is 0.121. The molecule has 0 aromatic rings. The molecule has 0 aromatic carbocycles. The first-order chi connectivity index (χ1) is 4.99. The van der Waals surface area contributed by atoms with Gasteiger partial charge >= 0.3 is 0 Å². The van der Waals surface area contributed by atoms with Gasteiger partial charge in [-0.1, -0.05) is 6.42 Å². The van der Waals surface area contributed by atoms with Crippen molar-refractivity contribution in [1.29, 1.82) is 0 Å². The highest BCUT2D eigenvalue weighted by atomic mass is 19.1. The Morgan fingerprint density at radius 3 is 2.36 bits per heavy atom. The quantitative estimate of drug-likeness (QED) is 0.671. The van der Waals surface area contributed by atoms with Gasteiger partial charge in [0.15, 0.2) is 0 Å². The van der Waals surface area contributed by atoms with E-state index in [0.717, 1.165) is 12.8 Å². The Bertz CT molecular complexity index is 124. The summed E-state index contributed by atoms with van der Waals surface area (Å²) in [7, 11) is 0. The maximum absolute atomic E-state index is 13.3. The zero-order valence-corrected chi connectivity index (χ0v) is 7.44. The van der Waals surface area contributed by atoms with E-state index in [1.54, 1.807) is 0 Å². The first-order valence-electron chi connectivity index (χ1n) is 4.42. The monoisotopic (exact) mass is 159 g/mol. The lowest BCUT2D eigenvalue weighted by Gasteiger charge is -2.32. The van der Waals surface area contributed by atoms with E-state index in [-0.39, 0.29) is 5.54 Å². The molecule has 0 bridgehead atoms. The molecule has 1 atom stereocenters. The number of alkyl halides is 1. The van der Waals surface area contributed by atoms with Gasteiger partial charge in [-0.3, -0.25) is 0 Å². The van der Waals surface area contributed by atoms with E-state index >= 15 is 0 Å². The molecule has 2 N–H and O–H groups in total. The lowest BCUT2D eigenvalue weighted by Crippen LogP contribution is -2.38. The molecule has 0 radical (unpaired) electrons. The van der Waals surface area contributed by atoms with Crippen LogP contribution in [0.5, 0.6) is 0 Å². The van der Waals surface area contributed by atoms with Crippen LogP contribution in [0.4, 0.5) is 4.39 Å². The second-order valence-electron chi connectivity index (χ2n) is 4.40. The molecule has 0 amide bonds. The molecule has 0 spiro atoms. The summed E-state index contributed by atoms with van der Waals surface area (Å²) < 4.78 is 13.3. The van der Waals surface area contributed by atoms with Gasteiger partial charge in [0.2, 0.25) is 0 Å². The van der Waals surface area contributed by atoms with Crippen molar-refractivity contribution >= 4 is 0 Å². The summed E-state index contributed by atoms with van der Waals surface area (Å²) in [6, 6.07) is 0. The summed E-state index contributed by atoms with van der Waals surface area (Å²) in [5, 5.41) is 0. The summed E-state index contributed by atoms with van der Waals surface area (Å²) in [6.07, 6.45) is 3.19. The maximum atomic E-state index is 13.3. The van der Waals surface area contributed by atoms with Gasteiger partial charge in [-0.2, -0.15) is 0 Å². The minimum absolute atomic E-state index is 0.317. The zero-order valence-electron chi connectivity index (χ0n) is 7.44. The molecule has 0 saturated heterocycles. The number of hydrogen-bond acceptors (Lipinski definition) is 1. The van der Waals surface area contributed by atoms with Gasteiger partial charge in [-0.05, 0) is 39.0 Å². The smallest absolute Gasteiger partial charge is 0.105 e. The SMILES string of the molecule is CC(C)(N)CC(F)C1CCC1.